The molecule has 19 heavy (non-hydrogen) atoms. The molecule has 0 fully saturated rings. The summed E-state index contributed by atoms with van der Waals surface area (Å²) in [6, 6.07) is 7.68. The predicted octanol–water partition coefficient (Wildman–Crippen LogP) is 2.47. The third-order valence-corrected chi connectivity index (χ3v) is 2.65. The summed E-state index contributed by atoms with van der Waals surface area (Å²) in [6.45, 7) is 6.40. The van der Waals surface area contributed by atoms with Gasteiger partial charge in [0.2, 0.25) is 5.91 Å². The highest BCUT2D eigenvalue weighted by molar-refractivity contribution is 5.77. The van der Waals surface area contributed by atoms with E-state index in [1.165, 1.54) is 0 Å². The van der Waals surface area contributed by atoms with Crippen molar-refractivity contribution in [2.24, 2.45) is 0 Å². The molecular formula is C15H23NO3. The third kappa shape index (κ3) is 5.30. The van der Waals surface area contributed by atoms with E-state index in [1.807, 2.05) is 45.0 Å². The Bertz CT molecular complexity index is 424. The molecule has 4 heteroatoms. The largest absolute Gasteiger partial charge is 0.496 e. The highest BCUT2D eigenvalue weighted by atomic mass is 16.5. The number of rotatable bonds is 5. The number of ether oxygens (including phenoxy) is 2. The van der Waals surface area contributed by atoms with Gasteiger partial charge in [0.15, 0.2) is 0 Å². The summed E-state index contributed by atoms with van der Waals surface area (Å²) < 4.78 is 10.8. The summed E-state index contributed by atoms with van der Waals surface area (Å²) in [5, 5.41) is 0. The van der Waals surface area contributed by atoms with Gasteiger partial charge in [0, 0.05) is 19.2 Å². The van der Waals surface area contributed by atoms with Gasteiger partial charge in [-0.1, -0.05) is 18.2 Å². The Balaban J connectivity index is 2.59. The molecule has 1 amide bonds. The van der Waals surface area contributed by atoms with Crippen LogP contribution in [0, 0.1) is 0 Å². The van der Waals surface area contributed by atoms with Crippen molar-refractivity contribution in [1.29, 1.82) is 0 Å². The van der Waals surface area contributed by atoms with Crippen LogP contribution in [0.2, 0.25) is 0 Å². The molecular weight excluding hydrogens is 242 g/mol. The van der Waals surface area contributed by atoms with E-state index in [0.717, 1.165) is 11.3 Å². The first-order valence-electron chi connectivity index (χ1n) is 6.33. The van der Waals surface area contributed by atoms with Crippen LogP contribution in [-0.2, 0) is 16.1 Å². The minimum Gasteiger partial charge on any atom is -0.496 e. The Morgan fingerprint density at radius 3 is 2.47 bits per heavy atom. The van der Waals surface area contributed by atoms with Gasteiger partial charge in [-0.05, 0) is 26.8 Å². The molecule has 0 bridgehead atoms. The first-order chi connectivity index (χ1) is 8.83. The molecule has 0 saturated carbocycles. The minimum absolute atomic E-state index is 0.0409. The molecule has 0 N–H and O–H groups in total. The molecule has 0 unspecified atom stereocenters. The van der Waals surface area contributed by atoms with Crippen LogP contribution in [-0.4, -0.2) is 37.2 Å². The van der Waals surface area contributed by atoms with Crippen molar-refractivity contribution in [3.05, 3.63) is 29.8 Å². The number of hydrogen-bond donors (Lipinski definition) is 0. The van der Waals surface area contributed by atoms with E-state index < -0.39 is 0 Å². The number of hydrogen-bond acceptors (Lipinski definition) is 3. The molecule has 1 aromatic carbocycles. The fraction of sp³-hybridized carbons (Fsp3) is 0.533. The summed E-state index contributed by atoms with van der Waals surface area (Å²) in [5.41, 5.74) is 0.678. The lowest BCUT2D eigenvalue weighted by Gasteiger charge is -2.23. The van der Waals surface area contributed by atoms with Crippen LogP contribution < -0.4 is 4.74 Å². The van der Waals surface area contributed by atoms with Crippen molar-refractivity contribution in [3.8, 4) is 5.75 Å². The average molecular weight is 265 g/mol. The van der Waals surface area contributed by atoms with Gasteiger partial charge >= 0.3 is 0 Å². The average Bonchev–Trinajstić information content (AvgIpc) is 2.35. The SMILES string of the molecule is COc1ccccc1CN(C)C(=O)COC(C)(C)C. The van der Waals surface area contributed by atoms with Gasteiger partial charge in [-0.2, -0.15) is 0 Å². The van der Waals surface area contributed by atoms with E-state index in [4.69, 9.17) is 9.47 Å². The van der Waals surface area contributed by atoms with Crippen molar-refractivity contribution in [2.45, 2.75) is 32.9 Å². The first-order valence-corrected chi connectivity index (χ1v) is 6.33. The van der Waals surface area contributed by atoms with Crippen LogP contribution in [0.3, 0.4) is 0 Å². The second-order valence-electron chi connectivity index (χ2n) is 5.46. The molecule has 106 valence electrons. The summed E-state index contributed by atoms with van der Waals surface area (Å²) in [5.74, 6) is 0.750. The van der Waals surface area contributed by atoms with Gasteiger partial charge in [0.1, 0.15) is 12.4 Å². The highest BCUT2D eigenvalue weighted by Crippen LogP contribution is 2.18. The molecule has 0 saturated heterocycles. The van der Waals surface area contributed by atoms with Gasteiger partial charge in [-0.15, -0.1) is 0 Å². The monoisotopic (exact) mass is 265 g/mol. The van der Waals surface area contributed by atoms with Gasteiger partial charge < -0.3 is 14.4 Å². The Morgan fingerprint density at radius 2 is 1.89 bits per heavy atom. The van der Waals surface area contributed by atoms with Crippen LogP contribution >= 0.6 is 0 Å². The summed E-state index contributed by atoms with van der Waals surface area (Å²) >= 11 is 0. The fourth-order valence-corrected chi connectivity index (χ4v) is 1.57. The molecule has 0 spiro atoms. The predicted molar refractivity (Wildman–Crippen MR) is 75.2 cm³/mol. The number of para-hydroxylation sites is 1. The van der Waals surface area contributed by atoms with E-state index in [1.54, 1.807) is 19.1 Å². The number of likely N-dealkylation sites (N-methyl/N-ethyl adjacent to an activating group) is 1. The molecule has 0 atom stereocenters. The number of methoxy groups -OCH3 is 1. The zero-order valence-electron chi connectivity index (χ0n) is 12.4. The summed E-state index contributed by atoms with van der Waals surface area (Å²) in [7, 11) is 3.39. The van der Waals surface area contributed by atoms with Gasteiger partial charge in [0.25, 0.3) is 0 Å². The smallest absolute Gasteiger partial charge is 0.248 e. The van der Waals surface area contributed by atoms with E-state index in [9.17, 15) is 4.79 Å². The lowest BCUT2D eigenvalue weighted by molar-refractivity contribution is -0.140. The lowest BCUT2D eigenvalue weighted by Crippen LogP contribution is -2.33. The Morgan fingerprint density at radius 1 is 1.26 bits per heavy atom. The highest BCUT2D eigenvalue weighted by Gasteiger charge is 2.16. The van der Waals surface area contributed by atoms with Crippen molar-refractivity contribution in [2.75, 3.05) is 20.8 Å². The van der Waals surface area contributed by atoms with Crippen molar-refractivity contribution in [3.63, 3.8) is 0 Å². The second-order valence-corrected chi connectivity index (χ2v) is 5.46. The number of amides is 1. The van der Waals surface area contributed by atoms with E-state index in [2.05, 4.69) is 0 Å². The normalized spacial score (nSPS) is 11.2. The molecule has 0 aliphatic heterocycles. The maximum Gasteiger partial charge on any atom is 0.248 e. The van der Waals surface area contributed by atoms with Crippen LogP contribution in [0.15, 0.2) is 24.3 Å². The first kappa shape index (κ1) is 15.5. The summed E-state index contributed by atoms with van der Waals surface area (Å²) in [4.78, 5) is 13.6. The van der Waals surface area contributed by atoms with Crippen molar-refractivity contribution >= 4 is 5.91 Å². The quantitative estimate of drug-likeness (QED) is 0.821. The topological polar surface area (TPSA) is 38.8 Å². The zero-order chi connectivity index (χ0) is 14.5. The molecule has 1 aromatic rings. The summed E-state index contributed by atoms with van der Waals surface area (Å²) in [6.07, 6.45) is 0. The molecule has 0 aromatic heterocycles. The maximum absolute atomic E-state index is 12.0. The Kier molecular flexibility index (Phi) is 5.36. The van der Waals surface area contributed by atoms with Crippen LogP contribution in [0.25, 0.3) is 0 Å². The molecule has 1 rings (SSSR count). The van der Waals surface area contributed by atoms with Crippen molar-refractivity contribution in [1.82, 2.24) is 4.90 Å². The molecule has 0 radical (unpaired) electrons. The number of nitrogens with zero attached hydrogens (tertiary/aromatic N) is 1. The second kappa shape index (κ2) is 6.57. The van der Waals surface area contributed by atoms with E-state index in [0.29, 0.717) is 6.54 Å². The fourth-order valence-electron chi connectivity index (χ4n) is 1.57. The number of carbonyl (C=O) groups is 1. The third-order valence-electron chi connectivity index (χ3n) is 2.65. The van der Waals surface area contributed by atoms with Gasteiger partial charge in [-0.3, -0.25) is 4.79 Å². The van der Waals surface area contributed by atoms with Crippen LogP contribution in [0.4, 0.5) is 0 Å². The molecule has 0 aliphatic rings. The number of benzene rings is 1. The maximum atomic E-state index is 12.0. The lowest BCUT2D eigenvalue weighted by atomic mass is 10.2. The molecule has 0 heterocycles. The Hall–Kier alpha value is -1.55. The molecule has 0 aliphatic carbocycles. The standard InChI is InChI=1S/C15H23NO3/c1-15(2,3)19-11-14(17)16(4)10-12-8-6-7-9-13(12)18-5/h6-9H,10-11H2,1-5H3. The van der Waals surface area contributed by atoms with Crippen LogP contribution in [0.5, 0.6) is 5.75 Å². The van der Waals surface area contributed by atoms with E-state index in [-0.39, 0.29) is 18.1 Å². The van der Waals surface area contributed by atoms with E-state index >= 15 is 0 Å². The number of carbonyl (C=O) groups excluding carboxylic acids is 1. The Labute approximate surface area is 115 Å². The zero-order valence-corrected chi connectivity index (χ0v) is 12.4. The van der Waals surface area contributed by atoms with Crippen LogP contribution in [0.1, 0.15) is 26.3 Å². The van der Waals surface area contributed by atoms with Gasteiger partial charge in [0.05, 0.1) is 12.7 Å². The van der Waals surface area contributed by atoms with Crippen molar-refractivity contribution < 1.29 is 14.3 Å². The molecule has 4 nitrogen and oxygen atoms in total. The van der Waals surface area contributed by atoms with Gasteiger partial charge in [-0.25, -0.2) is 0 Å². The minimum atomic E-state index is -0.305.